The van der Waals surface area contributed by atoms with Gasteiger partial charge < -0.3 is 10.5 Å². The van der Waals surface area contributed by atoms with Crippen LogP contribution in [0.5, 0.6) is 0 Å². The number of nitrogens with two attached hydrogens (primary N) is 1. The highest BCUT2D eigenvalue weighted by Crippen LogP contribution is 2.27. The van der Waals surface area contributed by atoms with Gasteiger partial charge in [0.25, 0.3) is 11.9 Å². The molecule has 2 rings (SSSR count). The largest absolute Gasteiger partial charge is 0.447 e. The second-order valence-electron chi connectivity index (χ2n) is 5.16. The summed E-state index contributed by atoms with van der Waals surface area (Å²) in [4.78, 5) is 15.0. The van der Waals surface area contributed by atoms with E-state index in [4.69, 9.17) is 10.5 Å². The van der Waals surface area contributed by atoms with Gasteiger partial charge >= 0.3 is 0 Å². The lowest BCUT2D eigenvalue weighted by atomic mass is 9.86. The van der Waals surface area contributed by atoms with E-state index in [2.05, 4.69) is 25.8 Å². The summed E-state index contributed by atoms with van der Waals surface area (Å²) < 4.78 is 5.16. The van der Waals surface area contributed by atoms with E-state index in [0.717, 1.165) is 5.56 Å². The number of hydrogen-bond donors (Lipinski definition) is 1. The van der Waals surface area contributed by atoms with Crippen LogP contribution in [-0.4, -0.2) is 11.9 Å². The molecule has 90 valence electrons. The summed E-state index contributed by atoms with van der Waals surface area (Å²) in [6.07, 6.45) is -0.677. The van der Waals surface area contributed by atoms with Crippen molar-refractivity contribution in [3.8, 4) is 0 Å². The van der Waals surface area contributed by atoms with E-state index >= 15 is 0 Å². The van der Waals surface area contributed by atoms with E-state index in [-0.39, 0.29) is 17.3 Å². The summed E-state index contributed by atoms with van der Waals surface area (Å²) in [5.41, 5.74) is 7.44. The Morgan fingerprint density at radius 3 is 2.24 bits per heavy atom. The van der Waals surface area contributed by atoms with Crippen molar-refractivity contribution in [3.05, 3.63) is 35.4 Å². The minimum atomic E-state index is -0.677. The summed E-state index contributed by atoms with van der Waals surface area (Å²) in [5, 5.41) is 0. The highest BCUT2D eigenvalue weighted by molar-refractivity contribution is 5.98. The molecular weight excluding hydrogens is 216 g/mol. The zero-order valence-electron chi connectivity index (χ0n) is 10.2. The van der Waals surface area contributed by atoms with E-state index < -0.39 is 6.10 Å². The summed E-state index contributed by atoms with van der Waals surface area (Å²) in [6, 6.07) is 7.72. The summed E-state index contributed by atoms with van der Waals surface area (Å²) in [7, 11) is 0. The Kier molecular flexibility index (Phi) is 2.65. The molecule has 0 spiro atoms. The fourth-order valence-electron chi connectivity index (χ4n) is 1.73. The molecule has 1 aliphatic rings. The first kappa shape index (κ1) is 11.6. The molecule has 1 atom stereocenters. The molecule has 0 aliphatic carbocycles. The average molecular weight is 232 g/mol. The minimum Gasteiger partial charge on any atom is -0.447 e. The predicted molar refractivity (Wildman–Crippen MR) is 65.6 cm³/mol. The maximum atomic E-state index is 11.5. The third kappa shape index (κ3) is 2.30. The van der Waals surface area contributed by atoms with Gasteiger partial charge in [0.2, 0.25) is 6.10 Å². The normalized spacial score (nSPS) is 20.1. The number of carbonyl (C=O) groups excluding carboxylic acids is 1. The molecule has 0 saturated carbocycles. The number of carbonyl (C=O) groups is 1. The van der Waals surface area contributed by atoms with Crippen LogP contribution in [0.2, 0.25) is 0 Å². The molecule has 2 N–H and O–H groups in total. The van der Waals surface area contributed by atoms with Crippen LogP contribution in [0.25, 0.3) is 0 Å². The number of aliphatic imine (C=N–C) groups is 1. The zero-order valence-corrected chi connectivity index (χ0v) is 10.2. The lowest BCUT2D eigenvalue weighted by molar-refractivity contribution is -0.122. The van der Waals surface area contributed by atoms with Gasteiger partial charge in [-0.15, -0.1) is 0 Å². The van der Waals surface area contributed by atoms with Crippen LogP contribution in [0.1, 0.15) is 38.0 Å². The Labute approximate surface area is 100 Å². The topological polar surface area (TPSA) is 64.7 Å². The Morgan fingerprint density at radius 2 is 1.82 bits per heavy atom. The molecule has 17 heavy (non-hydrogen) atoms. The molecule has 1 aliphatic heterocycles. The van der Waals surface area contributed by atoms with E-state index in [1.54, 1.807) is 0 Å². The van der Waals surface area contributed by atoms with E-state index in [1.807, 2.05) is 24.3 Å². The molecule has 0 radical (unpaired) electrons. The van der Waals surface area contributed by atoms with Gasteiger partial charge in [-0.3, -0.25) is 4.79 Å². The van der Waals surface area contributed by atoms with Crippen LogP contribution < -0.4 is 5.73 Å². The number of rotatable bonds is 1. The third-order valence-electron chi connectivity index (χ3n) is 2.76. The molecule has 4 heteroatoms. The first-order valence-electron chi connectivity index (χ1n) is 5.53. The van der Waals surface area contributed by atoms with E-state index in [0.29, 0.717) is 0 Å². The molecule has 1 amide bonds. The average Bonchev–Trinajstić information content (AvgIpc) is 2.57. The van der Waals surface area contributed by atoms with Crippen molar-refractivity contribution in [2.75, 3.05) is 0 Å². The second kappa shape index (κ2) is 3.87. The van der Waals surface area contributed by atoms with Gasteiger partial charge in [0.15, 0.2) is 0 Å². The standard InChI is InChI=1S/C13H16N2O2/c1-13(2,3)9-6-4-8(5-7-9)10-11(16)15-12(14)17-10/h4-7,10H,1-3H3,(H2,14,15,16). The molecule has 4 nitrogen and oxygen atoms in total. The van der Waals surface area contributed by atoms with E-state index in [9.17, 15) is 4.79 Å². The minimum absolute atomic E-state index is 0.0557. The highest BCUT2D eigenvalue weighted by Gasteiger charge is 2.29. The monoisotopic (exact) mass is 232 g/mol. The molecule has 1 aromatic carbocycles. The van der Waals surface area contributed by atoms with Gasteiger partial charge in [-0.1, -0.05) is 45.0 Å². The van der Waals surface area contributed by atoms with Gasteiger partial charge in [-0.05, 0) is 11.0 Å². The van der Waals surface area contributed by atoms with Gasteiger partial charge in [-0.25, -0.2) is 0 Å². The third-order valence-corrected chi connectivity index (χ3v) is 2.76. The molecule has 0 saturated heterocycles. The number of benzene rings is 1. The van der Waals surface area contributed by atoms with Gasteiger partial charge in [0.05, 0.1) is 0 Å². The molecule has 0 fully saturated rings. The Hall–Kier alpha value is -1.84. The Bertz CT molecular complexity index is 469. The van der Waals surface area contributed by atoms with Crippen molar-refractivity contribution >= 4 is 11.9 Å². The lowest BCUT2D eigenvalue weighted by Crippen LogP contribution is -2.15. The Morgan fingerprint density at radius 1 is 1.24 bits per heavy atom. The van der Waals surface area contributed by atoms with Crippen molar-refractivity contribution in [2.45, 2.75) is 32.3 Å². The molecule has 0 aromatic heterocycles. The quantitative estimate of drug-likeness (QED) is 0.804. The summed E-state index contributed by atoms with van der Waals surface area (Å²) in [5.74, 6) is -0.342. The maximum Gasteiger partial charge on any atom is 0.296 e. The first-order chi connectivity index (χ1) is 7.88. The Balaban J connectivity index is 2.23. The SMILES string of the molecule is CC(C)(C)c1ccc(C2OC(N)=NC2=O)cc1. The molecule has 0 bridgehead atoms. The number of amides is 1. The van der Waals surface area contributed by atoms with Crippen LogP contribution in [0.15, 0.2) is 29.3 Å². The first-order valence-corrected chi connectivity index (χ1v) is 5.53. The van der Waals surface area contributed by atoms with Crippen molar-refractivity contribution in [1.29, 1.82) is 0 Å². The molecule has 1 aromatic rings. The van der Waals surface area contributed by atoms with Crippen molar-refractivity contribution in [1.82, 2.24) is 0 Å². The second-order valence-corrected chi connectivity index (χ2v) is 5.16. The predicted octanol–water partition coefficient (Wildman–Crippen LogP) is 1.90. The van der Waals surface area contributed by atoms with Crippen molar-refractivity contribution < 1.29 is 9.53 Å². The highest BCUT2D eigenvalue weighted by atomic mass is 16.5. The maximum absolute atomic E-state index is 11.5. The summed E-state index contributed by atoms with van der Waals surface area (Å²) >= 11 is 0. The van der Waals surface area contributed by atoms with Crippen LogP contribution in [0, 0.1) is 0 Å². The van der Waals surface area contributed by atoms with Gasteiger partial charge in [0, 0.05) is 5.56 Å². The van der Waals surface area contributed by atoms with Crippen LogP contribution in [-0.2, 0) is 14.9 Å². The fourth-order valence-corrected chi connectivity index (χ4v) is 1.73. The van der Waals surface area contributed by atoms with Crippen molar-refractivity contribution in [3.63, 3.8) is 0 Å². The number of hydrogen-bond acceptors (Lipinski definition) is 3. The molecule has 1 heterocycles. The van der Waals surface area contributed by atoms with Crippen LogP contribution >= 0.6 is 0 Å². The van der Waals surface area contributed by atoms with Gasteiger partial charge in [-0.2, -0.15) is 4.99 Å². The zero-order chi connectivity index (χ0) is 12.6. The molecular formula is C13H16N2O2. The fraction of sp³-hybridized carbons (Fsp3) is 0.385. The number of ether oxygens (including phenoxy) is 1. The molecule has 1 unspecified atom stereocenters. The van der Waals surface area contributed by atoms with Crippen molar-refractivity contribution in [2.24, 2.45) is 10.7 Å². The summed E-state index contributed by atoms with van der Waals surface area (Å²) in [6.45, 7) is 6.42. The smallest absolute Gasteiger partial charge is 0.296 e. The lowest BCUT2D eigenvalue weighted by Gasteiger charge is -2.19. The number of nitrogens with zero attached hydrogens (tertiary/aromatic N) is 1. The number of amidine groups is 1. The van der Waals surface area contributed by atoms with Crippen LogP contribution in [0.3, 0.4) is 0 Å². The van der Waals surface area contributed by atoms with Crippen LogP contribution in [0.4, 0.5) is 0 Å². The van der Waals surface area contributed by atoms with E-state index in [1.165, 1.54) is 5.56 Å². The van der Waals surface area contributed by atoms with Gasteiger partial charge in [0.1, 0.15) is 0 Å².